The van der Waals surface area contributed by atoms with Gasteiger partial charge in [0.25, 0.3) is 0 Å². The Morgan fingerprint density at radius 1 is 1.20 bits per heavy atom. The quantitative estimate of drug-likeness (QED) is 0.770. The van der Waals surface area contributed by atoms with Crippen molar-refractivity contribution in [3.8, 4) is 0 Å². The molecule has 0 amide bonds. The third kappa shape index (κ3) is 2.22. The van der Waals surface area contributed by atoms with Gasteiger partial charge in [0.2, 0.25) is 0 Å². The van der Waals surface area contributed by atoms with Gasteiger partial charge >= 0.3 is 0 Å². The largest absolute Gasteiger partial charge is 0.279 e. The lowest BCUT2D eigenvalue weighted by atomic mass is 10.3. The molecular weight excluding hydrogens is 212 g/mol. The third-order valence-corrected chi connectivity index (χ3v) is 2.16. The molecule has 15 heavy (non-hydrogen) atoms. The second-order valence-electron chi connectivity index (χ2n) is 3.02. The van der Waals surface area contributed by atoms with Crippen molar-refractivity contribution in [2.45, 2.75) is 6.92 Å². The van der Waals surface area contributed by atoms with Crippen LogP contribution < -0.4 is 0 Å². The summed E-state index contributed by atoms with van der Waals surface area (Å²) >= 11 is 5.82. The zero-order valence-electron chi connectivity index (χ0n) is 8.11. The van der Waals surface area contributed by atoms with Gasteiger partial charge in [0.05, 0.1) is 11.4 Å². The summed E-state index contributed by atoms with van der Waals surface area (Å²) in [7, 11) is 0. The number of rotatable bonds is 2. The van der Waals surface area contributed by atoms with Crippen LogP contribution in [0.4, 0.5) is 11.4 Å². The van der Waals surface area contributed by atoms with E-state index in [0.717, 1.165) is 11.4 Å². The van der Waals surface area contributed by atoms with Crippen LogP contribution in [0, 0.1) is 6.92 Å². The molecule has 0 aliphatic rings. The number of aromatic amines is 1. The molecular formula is C10H9ClN4. The fourth-order valence-corrected chi connectivity index (χ4v) is 1.33. The van der Waals surface area contributed by atoms with Gasteiger partial charge in [0.15, 0.2) is 5.15 Å². The van der Waals surface area contributed by atoms with Gasteiger partial charge in [0.1, 0.15) is 5.69 Å². The van der Waals surface area contributed by atoms with Gasteiger partial charge in [-0.2, -0.15) is 10.2 Å². The fraction of sp³-hybridized carbons (Fsp3) is 0.100. The van der Waals surface area contributed by atoms with E-state index in [2.05, 4.69) is 20.4 Å². The van der Waals surface area contributed by atoms with Crippen LogP contribution in [0.1, 0.15) is 5.69 Å². The Balaban J connectivity index is 2.26. The molecule has 1 aromatic carbocycles. The molecule has 5 heteroatoms. The lowest BCUT2D eigenvalue weighted by Crippen LogP contribution is -1.68. The van der Waals surface area contributed by atoms with E-state index < -0.39 is 0 Å². The van der Waals surface area contributed by atoms with Crippen molar-refractivity contribution in [1.82, 2.24) is 10.2 Å². The minimum atomic E-state index is 0.340. The number of aryl methyl sites for hydroxylation is 1. The van der Waals surface area contributed by atoms with Crippen LogP contribution in [0.5, 0.6) is 0 Å². The number of halogens is 1. The molecule has 0 saturated heterocycles. The van der Waals surface area contributed by atoms with E-state index >= 15 is 0 Å². The van der Waals surface area contributed by atoms with Gasteiger partial charge in [-0.3, -0.25) is 5.10 Å². The highest BCUT2D eigenvalue weighted by Crippen LogP contribution is 2.27. The van der Waals surface area contributed by atoms with Gasteiger partial charge < -0.3 is 0 Å². The number of H-pyrrole nitrogens is 1. The van der Waals surface area contributed by atoms with Crippen LogP contribution in [0.15, 0.2) is 40.6 Å². The molecule has 2 aromatic rings. The number of benzene rings is 1. The maximum atomic E-state index is 5.82. The predicted molar refractivity (Wildman–Crippen MR) is 59.0 cm³/mol. The second-order valence-corrected chi connectivity index (χ2v) is 3.38. The van der Waals surface area contributed by atoms with E-state index in [9.17, 15) is 0 Å². The van der Waals surface area contributed by atoms with Crippen LogP contribution in [0.2, 0.25) is 5.15 Å². The van der Waals surface area contributed by atoms with E-state index in [1.807, 2.05) is 37.3 Å². The summed E-state index contributed by atoms with van der Waals surface area (Å²) in [6.07, 6.45) is 0. The van der Waals surface area contributed by atoms with Crippen molar-refractivity contribution in [1.29, 1.82) is 0 Å². The van der Waals surface area contributed by atoms with Crippen molar-refractivity contribution >= 4 is 23.0 Å². The minimum Gasteiger partial charge on any atom is -0.279 e. The van der Waals surface area contributed by atoms with Gasteiger partial charge in [-0.15, -0.1) is 5.11 Å². The molecule has 0 bridgehead atoms. The summed E-state index contributed by atoms with van der Waals surface area (Å²) in [6.45, 7) is 1.85. The topological polar surface area (TPSA) is 53.4 Å². The van der Waals surface area contributed by atoms with Crippen molar-refractivity contribution < 1.29 is 0 Å². The lowest BCUT2D eigenvalue weighted by Gasteiger charge is -1.90. The van der Waals surface area contributed by atoms with Crippen molar-refractivity contribution in [3.63, 3.8) is 0 Å². The average Bonchev–Trinajstić information content (AvgIpc) is 2.58. The number of aromatic nitrogens is 2. The molecule has 0 aliphatic carbocycles. The van der Waals surface area contributed by atoms with Gasteiger partial charge in [0, 0.05) is 0 Å². The van der Waals surface area contributed by atoms with Crippen LogP contribution >= 0.6 is 11.6 Å². The van der Waals surface area contributed by atoms with E-state index in [-0.39, 0.29) is 0 Å². The molecule has 0 unspecified atom stereocenters. The summed E-state index contributed by atoms with van der Waals surface area (Å²) in [6, 6.07) is 9.46. The number of hydrogen-bond donors (Lipinski definition) is 1. The zero-order valence-corrected chi connectivity index (χ0v) is 8.86. The summed E-state index contributed by atoms with van der Waals surface area (Å²) < 4.78 is 0. The number of nitrogens with zero attached hydrogens (tertiary/aromatic N) is 3. The van der Waals surface area contributed by atoms with Crippen molar-refractivity contribution in [3.05, 3.63) is 41.2 Å². The van der Waals surface area contributed by atoms with Crippen molar-refractivity contribution in [2.75, 3.05) is 0 Å². The molecule has 0 fully saturated rings. The molecule has 0 aliphatic heterocycles. The van der Waals surface area contributed by atoms with E-state index in [4.69, 9.17) is 11.6 Å². The maximum absolute atomic E-state index is 5.82. The maximum Gasteiger partial charge on any atom is 0.178 e. The van der Waals surface area contributed by atoms with Gasteiger partial charge in [-0.25, -0.2) is 0 Å². The summed E-state index contributed by atoms with van der Waals surface area (Å²) in [5.74, 6) is 0. The fourth-order valence-electron chi connectivity index (χ4n) is 1.11. The molecule has 0 saturated carbocycles. The Bertz CT molecular complexity index is 456. The predicted octanol–water partition coefficient (Wildman–Crippen LogP) is 3.79. The Hall–Kier alpha value is -1.68. The van der Waals surface area contributed by atoms with E-state index in [1.54, 1.807) is 0 Å². The summed E-state index contributed by atoms with van der Waals surface area (Å²) in [5.41, 5.74) is 2.18. The smallest absolute Gasteiger partial charge is 0.178 e. The second kappa shape index (κ2) is 4.23. The highest BCUT2D eigenvalue weighted by Gasteiger charge is 2.05. The van der Waals surface area contributed by atoms with Crippen LogP contribution in [0.3, 0.4) is 0 Å². The first-order valence-corrected chi connectivity index (χ1v) is 4.82. The number of nitrogens with one attached hydrogen (secondary N) is 1. The van der Waals surface area contributed by atoms with Gasteiger partial charge in [-0.05, 0) is 19.1 Å². The Kier molecular flexibility index (Phi) is 2.78. The number of hydrogen-bond acceptors (Lipinski definition) is 3. The van der Waals surface area contributed by atoms with Crippen LogP contribution in [-0.2, 0) is 0 Å². The summed E-state index contributed by atoms with van der Waals surface area (Å²) in [4.78, 5) is 0. The molecule has 2 rings (SSSR count). The Morgan fingerprint density at radius 2 is 1.93 bits per heavy atom. The molecule has 0 spiro atoms. The average molecular weight is 221 g/mol. The van der Waals surface area contributed by atoms with Crippen molar-refractivity contribution in [2.24, 2.45) is 10.2 Å². The molecule has 1 N–H and O–H groups in total. The first-order valence-electron chi connectivity index (χ1n) is 4.44. The minimum absolute atomic E-state index is 0.340. The Labute approximate surface area is 92.0 Å². The first-order chi connectivity index (χ1) is 7.27. The normalized spacial score (nSPS) is 11.1. The first kappa shape index (κ1) is 9.86. The highest BCUT2D eigenvalue weighted by atomic mass is 35.5. The lowest BCUT2D eigenvalue weighted by molar-refractivity contribution is 1.05. The third-order valence-electron chi connectivity index (χ3n) is 1.89. The molecule has 4 nitrogen and oxygen atoms in total. The monoisotopic (exact) mass is 220 g/mol. The van der Waals surface area contributed by atoms with E-state index in [1.165, 1.54) is 0 Å². The zero-order chi connectivity index (χ0) is 10.7. The van der Waals surface area contributed by atoms with Gasteiger partial charge in [-0.1, -0.05) is 29.8 Å². The molecule has 0 atom stereocenters. The molecule has 1 heterocycles. The molecule has 1 aromatic heterocycles. The van der Waals surface area contributed by atoms with Crippen LogP contribution in [-0.4, -0.2) is 10.2 Å². The highest BCUT2D eigenvalue weighted by molar-refractivity contribution is 6.31. The molecule has 0 radical (unpaired) electrons. The SMILES string of the molecule is Cc1[nH]nc(Cl)c1N=Nc1ccccc1. The summed E-state index contributed by atoms with van der Waals surface area (Å²) in [5, 5.41) is 15.0. The Morgan fingerprint density at radius 3 is 2.53 bits per heavy atom. The van der Waals surface area contributed by atoms with E-state index in [0.29, 0.717) is 10.8 Å². The van der Waals surface area contributed by atoms with Crippen LogP contribution in [0.25, 0.3) is 0 Å². The molecule has 76 valence electrons. The standard InChI is InChI=1S/C10H9ClN4/c1-7-9(10(11)15-12-7)14-13-8-5-3-2-4-6-8/h2-6H,1H3,(H,12,15). The number of azo groups is 1.